The van der Waals surface area contributed by atoms with Gasteiger partial charge in [0.1, 0.15) is 21.8 Å². The van der Waals surface area contributed by atoms with E-state index in [4.69, 9.17) is 0 Å². The van der Waals surface area contributed by atoms with Crippen molar-refractivity contribution in [1.29, 1.82) is 0 Å². The minimum absolute atomic E-state index is 0.103. The van der Waals surface area contributed by atoms with Gasteiger partial charge in [-0.3, -0.25) is 0 Å². The van der Waals surface area contributed by atoms with E-state index in [2.05, 4.69) is 15.5 Å². The zero-order chi connectivity index (χ0) is 15.2. The van der Waals surface area contributed by atoms with Crippen LogP contribution >= 0.6 is 0 Å². The highest BCUT2D eigenvalue weighted by Crippen LogP contribution is 2.37. The lowest BCUT2D eigenvalue weighted by atomic mass is 10.3. The zero-order valence-corrected chi connectivity index (χ0v) is 11.9. The molecule has 1 aromatic heterocycles. The van der Waals surface area contributed by atoms with Crippen LogP contribution in [0, 0.1) is 11.6 Å². The van der Waals surface area contributed by atoms with Crippen molar-refractivity contribution in [2.45, 2.75) is 36.0 Å². The summed E-state index contributed by atoms with van der Waals surface area (Å²) in [4.78, 5) is -0.554. The number of hydrogen-bond acceptors (Lipinski definition) is 5. The van der Waals surface area contributed by atoms with E-state index >= 15 is 0 Å². The van der Waals surface area contributed by atoms with E-state index in [0.29, 0.717) is 6.07 Å². The quantitative estimate of drug-likeness (QED) is 0.804. The van der Waals surface area contributed by atoms with Gasteiger partial charge in [-0.25, -0.2) is 21.9 Å². The Bertz CT molecular complexity index is 786. The molecule has 9 heteroatoms. The molecule has 1 heterocycles. The number of sulfone groups is 1. The number of halogens is 2. The Balaban J connectivity index is 2.02. The van der Waals surface area contributed by atoms with Crippen LogP contribution in [0.25, 0.3) is 0 Å². The molecule has 6 nitrogen and oxygen atoms in total. The van der Waals surface area contributed by atoms with Crippen molar-refractivity contribution in [3.05, 3.63) is 35.7 Å². The fourth-order valence-electron chi connectivity index (χ4n) is 2.08. The van der Waals surface area contributed by atoms with Gasteiger partial charge in [-0.05, 0) is 42.3 Å². The summed E-state index contributed by atoms with van der Waals surface area (Å²) >= 11 is 0. The highest BCUT2D eigenvalue weighted by atomic mass is 32.2. The van der Waals surface area contributed by atoms with Crippen LogP contribution in [0.2, 0.25) is 0 Å². The van der Waals surface area contributed by atoms with Crippen molar-refractivity contribution in [2.75, 3.05) is 0 Å². The molecule has 1 unspecified atom stereocenters. The third-order valence-corrected chi connectivity index (χ3v) is 5.53. The van der Waals surface area contributed by atoms with Crippen molar-refractivity contribution >= 4 is 9.84 Å². The molecule has 1 fully saturated rings. The van der Waals surface area contributed by atoms with Crippen LogP contribution in [0.15, 0.2) is 23.1 Å². The van der Waals surface area contributed by atoms with Crippen molar-refractivity contribution in [3.63, 3.8) is 0 Å². The molecule has 0 N–H and O–H groups in total. The molecule has 21 heavy (non-hydrogen) atoms. The summed E-state index contributed by atoms with van der Waals surface area (Å²) in [6.07, 6.45) is 1.77. The van der Waals surface area contributed by atoms with Gasteiger partial charge in [-0.15, -0.1) is 5.10 Å². The van der Waals surface area contributed by atoms with Crippen molar-refractivity contribution in [3.8, 4) is 0 Å². The van der Waals surface area contributed by atoms with Gasteiger partial charge in [0.25, 0.3) is 0 Å². The maximum Gasteiger partial charge on any atom is 0.191 e. The van der Waals surface area contributed by atoms with Gasteiger partial charge in [0, 0.05) is 6.07 Å². The van der Waals surface area contributed by atoms with E-state index in [9.17, 15) is 17.2 Å². The van der Waals surface area contributed by atoms with Gasteiger partial charge in [0.15, 0.2) is 15.7 Å². The van der Waals surface area contributed by atoms with E-state index in [-0.39, 0.29) is 11.9 Å². The third kappa shape index (κ3) is 2.41. The molecule has 3 rings (SSSR count). The molecule has 1 saturated carbocycles. The van der Waals surface area contributed by atoms with Crippen LogP contribution < -0.4 is 0 Å². The maximum atomic E-state index is 13.7. The van der Waals surface area contributed by atoms with Gasteiger partial charge in [-0.1, -0.05) is 0 Å². The topological polar surface area (TPSA) is 77.7 Å². The van der Waals surface area contributed by atoms with Crippen LogP contribution in [-0.2, 0) is 9.84 Å². The highest BCUT2D eigenvalue weighted by molar-refractivity contribution is 7.91. The summed E-state index contributed by atoms with van der Waals surface area (Å²) in [5.41, 5.74) is 0. The number of rotatable bonds is 4. The van der Waals surface area contributed by atoms with Crippen LogP contribution in [0.5, 0.6) is 0 Å². The summed E-state index contributed by atoms with van der Waals surface area (Å²) in [5.74, 6) is -1.78. The Kier molecular flexibility index (Phi) is 3.23. The molecular weight excluding hydrogens is 302 g/mol. The normalized spacial score (nSPS) is 16.9. The highest BCUT2D eigenvalue weighted by Gasteiger charge is 2.36. The molecule has 0 saturated heterocycles. The third-order valence-electron chi connectivity index (χ3n) is 3.44. The zero-order valence-electron chi connectivity index (χ0n) is 11.1. The predicted molar refractivity (Wildman–Crippen MR) is 68.0 cm³/mol. The largest absolute Gasteiger partial charge is 0.225 e. The second kappa shape index (κ2) is 4.83. The van der Waals surface area contributed by atoms with Crippen LogP contribution in [-0.4, -0.2) is 28.6 Å². The first-order valence-corrected chi connectivity index (χ1v) is 7.92. The molecule has 1 aliphatic carbocycles. The van der Waals surface area contributed by atoms with Crippen molar-refractivity contribution in [1.82, 2.24) is 20.2 Å². The van der Waals surface area contributed by atoms with Gasteiger partial charge in [0.05, 0.1) is 6.04 Å². The average Bonchev–Trinajstić information content (AvgIpc) is 3.15. The summed E-state index contributed by atoms with van der Waals surface area (Å²) in [6, 6.07) is 2.48. The molecule has 0 spiro atoms. The number of hydrogen-bond donors (Lipinski definition) is 0. The minimum atomic E-state index is -4.04. The monoisotopic (exact) mass is 314 g/mol. The molecule has 1 aliphatic rings. The first-order valence-electron chi connectivity index (χ1n) is 6.38. The molecule has 1 aromatic carbocycles. The SMILES string of the molecule is CC(c1nnnn1C1CC1)S(=O)(=O)c1ccc(F)cc1F. The maximum absolute atomic E-state index is 13.7. The second-order valence-electron chi connectivity index (χ2n) is 4.97. The Morgan fingerprint density at radius 3 is 2.67 bits per heavy atom. The van der Waals surface area contributed by atoms with E-state index in [1.54, 1.807) is 0 Å². The van der Waals surface area contributed by atoms with Gasteiger partial charge in [-0.2, -0.15) is 0 Å². The minimum Gasteiger partial charge on any atom is -0.225 e. The number of tetrazole rings is 1. The van der Waals surface area contributed by atoms with E-state index in [1.807, 2.05) is 0 Å². The van der Waals surface area contributed by atoms with Crippen molar-refractivity contribution in [2.24, 2.45) is 0 Å². The molecule has 0 bridgehead atoms. The summed E-state index contributed by atoms with van der Waals surface area (Å²) in [5, 5.41) is 9.90. The lowest BCUT2D eigenvalue weighted by molar-refractivity contribution is 0.536. The molecule has 0 radical (unpaired) electrons. The molecule has 112 valence electrons. The summed E-state index contributed by atoms with van der Waals surface area (Å²) < 4.78 is 53.1. The number of nitrogens with zero attached hydrogens (tertiary/aromatic N) is 4. The van der Waals surface area contributed by atoms with E-state index in [1.165, 1.54) is 11.6 Å². The Labute approximate surface area is 119 Å². The second-order valence-corrected chi connectivity index (χ2v) is 7.21. The summed E-state index contributed by atoms with van der Waals surface area (Å²) in [7, 11) is -4.04. The first kappa shape index (κ1) is 14.1. The predicted octanol–water partition coefficient (Wildman–Crippen LogP) is 1.82. The van der Waals surface area contributed by atoms with Gasteiger partial charge < -0.3 is 0 Å². The Morgan fingerprint density at radius 2 is 2.05 bits per heavy atom. The van der Waals surface area contributed by atoms with Crippen LogP contribution in [0.4, 0.5) is 8.78 Å². The molecule has 0 amide bonds. The van der Waals surface area contributed by atoms with Crippen molar-refractivity contribution < 1.29 is 17.2 Å². The average molecular weight is 314 g/mol. The number of aromatic nitrogens is 4. The molecular formula is C12H12F2N4O2S. The standard InChI is InChI=1S/C12H12F2N4O2S/c1-7(12-15-16-17-18(12)9-3-4-9)21(19,20)11-5-2-8(13)6-10(11)14/h2,5-7,9H,3-4H2,1H3. The number of benzene rings is 1. The smallest absolute Gasteiger partial charge is 0.191 e. The van der Waals surface area contributed by atoms with Crippen LogP contribution in [0.3, 0.4) is 0 Å². The van der Waals surface area contributed by atoms with E-state index < -0.39 is 31.6 Å². The fourth-order valence-corrected chi connectivity index (χ4v) is 3.48. The molecule has 1 atom stereocenters. The molecule has 2 aromatic rings. The Morgan fingerprint density at radius 1 is 1.33 bits per heavy atom. The fraction of sp³-hybridized carbons (Fsp3) is 0.417. The first-order chi connectivity index (χ1) is 9.91. The van der Waals surface area contributed by atoms with Crippen LogP contribution in [0.1, 0.15) is 36.9 Å². The lowest BCUT2D eigenvalue weighted by Crippen LogP contribution is -2.17. The summed E-state index contributed by atoms with van der Waals surface area (Å²) in [6.45, 7) is 1.39. The van der Waals surface area contributed by atoms with Gasteiger partial charge in [0.2, 0.25) is 0 Å². The van der Waals surface area contributed by atoms with E-state index in [0.717, 1.165) is 25.0 Å². The molecule has 0 aliphatic heterocycles. The Hall–Kier alpha value is -1.90. The van der Waals surface area contributed by atoms with Gasteiger partial charge >= 0.3 is 0 Å². The lowest BCUT2D eigenvalue weighted by Gasteiger charge is -2.13.